The molecule has 0 heterocycles. The fraction of sp³-hybridized carbons (Fsp3) is 0.375. The van der Waals surface area contributed by atoms with Crippen LogP contribution in [0.1, 0.15) is 57.2 Å². The molecule has 41 heavy (non-hydrogen) atoms. The molecule has 0 saturated carbocycles. The Labute approximate surface area is 249 Å². The van der Waals surface area contributed by atoms with Gasteiger partial charge in [-0.15, -0.1) is 0 Å². The van der Waals surface area contributed by atoms with Crippen molar-refractivity contribution in [2.75, 3.05) is 17.4 Å². The molecule has 1 atom stereocenters. The summed E-state index contributed by atoms with van der Waals surface area (Å²) in [7, 11) is -4.12. The van der Waals surface area contributed by atoms with Crippen LogP contribution in [-0.2, 0) is 26.2 Å². The predicted molar refractivity (Wildman–Crippen MR) is 166 cm³/mol. The van der Waals surface area contributed by atoms with E-state index < -0.39 is 28.5 Å². The van der Waals surface area contributed by atoms with Crippen LogP contribution in [0.25, 0.3) is 0 Å². The molecule has 2 amide bonds. The summed E-state index contributed by atoms with van der Waals surface area (Å²) >= 11 is 6.42. The second kappa shape index (κ2) is 14.0. The van der Waals surface area contributed by atoms with Gasteiger partial charge in [-0.2, -0.15) is 0 Å². The van der Waals surface area contributed by atoms with E-state index in [0.29, 0.717) is 22.8 Å². The first-order chi connectivity index (χ1) is 19.3. The highest BCUT2D eigenvalue weighted by molar-refractivity contribution is 7.92. The molecule has 0 spiro atoms. The van der Waals surface area contributed by atoms with Crippen LogP contribution in [0.3, 0.4) is 0 Å². The molecule has 3 aromatic carbocycles. The van der Waals surface area contributed by atoms with Gasteiger partial charge in [0, 0.05) is 18.1 Å². The van der Waals surface area contributed by atoms with Gasteiger partial charge < -0.3 is 10.2 Å². The van der Waals surface area contributed by atoms with Crippen LogP contribution in [0.5, 0.6) is 0 Å². The number of amides is 2. The third-order valence-electron chi connectivity index (χ3n) is 6.89. The highest BCUT2D eigenvalue weighted by Gasteiger charge is 2.32. The number of carbonyl (C=O) groups is 2. The summed E-state index contributed by atoms with van der Waals surface area (Å²) < 4.78 is 29.1. The van der Waals surface area contributed by atoms with E-state index in [4.69, 9.17) is 11.6 Å². The van der Waals surface area contributed by atoms with E-state index in [9.17, 15) is 18.0 Å². The number of nitrogens with one attached hydrogen (secondary N) is 1. The van der Waals surface area contributed by atoms with Crippen LogP contribution >= 0.6 is 11.6 Å². The summed E-state index contributed by atoms with van der Waals surface area (Å²) in [5, 5.41) is 3.34. The number of rotatable bonds is 12. The van der Waals surface area contributed by atoms with Crippen molar-refractivity contribution in [2.24, 2.45) is 5.92 Å². The average Bonchev–Trinajstić information content (AvgIpc) is 2.93. The van der Waals surface area contributed by atoms with Gasteiger partial charge in [0.25, 0.3) is 10.0 Å². The number of carbonyl (C=O) groups excluding carboxylic acids is 2. The van der Waals surface area contributed by atoms with Gasteiger partial charge in [0.05, 0.1) is 10.6 Å². The summed E-state index contributed by atoms with van der Waals surface area (Å²) in [6.45, 7) is 11.6. The minimum Gasteiger partial charge on any atom is -0.354 e. The number of benzene rings is 3. The Bertz CT molecular complexity index is 1440. The zero-order valence-corrected chi connectivity index (χ0v) is 26.2. The lowest BCUT2D eigenvalue weighted by Crippen LogP contribution is -2.51. The molecule has 0 aliphatic carbocycles. The molecule has 7 nitrogen and oxygen atoms in total. The SMILES string of the molecule is Cc1ccc(S(=O)(=O)N(CC(=O)N(Cc2ccccc2Cl)C(C)C(=O)NCC(C)C)c2ccc(C(C)C)cc2)cc1. The van der Waals surface area contributed by atoms with E-state index >= 15 is 0 Å². The van der Waals surface area contributed by atoms with Gasteiger partial charge in [0.2, 0.25) is 11.8 Å². The van der Waals surface area contributed by atoms with E-state index in [1.165, 1.54) is 17.0 Å². The van der Waals surface area contributed by atoms with Crippen molar-refractivity contribution in [3.05, 3.63) is 94.5 Å². The molecule has 1 N–H and O–H groups in total. The molecule has 0 aliphatic rings. The smallest absolute Gasteiger partial charge is 0.264 e. The summed E-state index contributed by atoms with van der Waals surface area (Å²) in [6, 6.07) is 19.9. The van der Waals surface area contributed by atoms with E-state index in [1.807, 2.05) is 32.9 Å². The summed E-state index contributed by atoms with van der Waals surface area (Å²) in [5.74, 6) is -0.374. The van der Waals surface area contributed by atoms with Crippen molar-refractivity contribution >= 4 is 39.1 Å². The van der Waals surface area contributed by atoms with Gasteiger partial charge in [-0.1, -0.05) is 87.3 Å². The Morgan fingerprint density at radius 1 is 0.878 bits per heavy atom. The van der Waals surface area contributed by atoms with Crippen LogP contribution in [0.2, 0.25) is 5.02 Å². The number of sulfonamides is 1. The minimum atomic E-state index is -4.12. The zero-order chi connectivity index (χ0) is 30.3. The first kappa shape index (κ1) is 32.2. The molecule has 0 radical (unpaired) electrons. The summed E-state index contributed by atoms with van der Waals surface area (Å²) in [5.41, 5.74) is 2.97. The number of hydrogen-bond donors (Lipinski definition) is 1. The average molecular weight is 598 g/mol. The maximum atomic E-state index is 14.0. The lowest BCUT2D eigenvalue weighted by molar-refractivity contribution is -0.139. The monoisotopic (exact) mass is 597 g/mol. The Balaban J connectivity index is 2.04. The van der Waals surface area contributed by atoms with E-state index in [1.54, 1.807) is 55.5 Å². The van der Waals surface area contributed by atoms with E-state index in [-0.39, 0.29) is 29.2 Å². The molecule has 0 aliphatic heterocycles. The number of aryl methyl sites for hydroxylation is 1. The molecule has 1 unspecified atom stereocenters. The summed E-state index contributed by atoms with van der Waals surface area (Å²) in [6.07, 6.45) is 0. The lowest BCUT2D eigenvalue weighted by Gasteiger charge is -2.32. The van der Waals surface area contributed by atoms with Crippen molar-refractivity contribution in [3.8, 4) is 0 Å². The molecule has 3 aromatic rings. The molecular weight excluding hydrogens is 558 g/mol. The standard InChI is InChI=1S/C32H40ClN3O4S/c1-22(2)19-34-32(38)25(6)35(20-27-9-7-8-10-30(27)33)31(37)21-36(28-15-13-26(14-16-28)23(3)4)41(39,40)29-17-11-24(5)12-18-29/h7-18,22-23,25H,19-21H2,1-6H3,(H,34,38). The third kappa shape index (κ3) is 8.33. The highest BCUT2D eigenvalue weighted by Crippen LogP contribution is 2.27. The maximum absolute atomic E-state index is 14.0. The highest BCUT2D eigenvalue weighted by atomic mass is 35.5. The second-order valence-corrected chi connectivity index (χ2v) is 13.3. The normalized spacial score (nSPS) is 12.3. The van der Waals surface area contributed by atoms with Crippen LogP contribution < -0.4 is 9.62 Å². The summed E-state index contributed by atoms with van der Waals surface area (Å²) in [4.78, 5) is 28.6. The predicted octanol–water partition coefficient (Wildman–Crippen LogP) is 6.16. The molecule has 0 bridgehead atoms. The van der Waals surface area contributed by atoms with Gasteiger partial charge in [0.1, 0.15) is 12.6 Å². The third-order valence-corrected chi connectivity index (χ3v) is 9.04. The van der Waals surface area contributed by atoms with E-state index in [2.05, 4.69) is 19.2 Å². The molecule has 220 valence electrons. The Hall–Kier alpha value is -3.36. The van der Waals surface area contributed by atoms with Crippen molar-refractivity contribution in [1.29, 1.82) is 0 Å². The number of hydrogen-bond acceptors (Lipinski definition) is 4. The zero-order valence-electron chi connectivity index (χ0n) is 24.6. The van der Waals surface area contributed by atoms with Gasteiger partial charge in [-0.3, -0.25) is 13.9 Å². The van der Waals surface area contributed by atoms with E-state index in [0.717, 1.165) is 15.4 Å². The maximum Gasteiger partial charge on any atom is 0.264 e. The van der Waals surface area contributed by atoms with Crippen molar-refractivity contribution in [3.63, 3.8) is 0 Å². The Morgan fingerprint density at radius 2 is 1.49 bits per heavy atom. The van der Waals surface area contributed by atoms with Crippen LogP contribution in [0.4, 0.5) is 5.69 Å². The van der Waals surface area contributed by atoms with Gasteiger partial charge in [-0.25, -0.2) is 8.42 Å². The lowest BCUT2D eigenvalue weighted by atomic mass is 10.0. The largest absolute Gasteiger partial charge is 0.354 e. The molecule has 0 fully saturated rings. The molecule has 3 rings (SSSR count). The van der Waals surface area contributed by atoms with Crippen molar-refractivity contribution in [1.82, 2.24) is 10.2 Å². The topological polar surface area (TPSA) is 86.8 Å². The first-order valence-electron chi connectivity index (χ1n) is 13.8. The Morgan fingerprint density at radius 3 is 2.05 bits per heavy atom. The number of nitrogens with zero attached hydrogens (tertiary/aromatic N) is 2. The second-order valence-electron chi connectivity index (χ2n) is 11.0. The fourth-order valence-electron chi connectivity index (χ4n) is 4.24. The number of halogens is 1. The van der Waals surface area contributed by atoms with Crippen LogP contribution in [0, 0.1) is 12.8 Å². The molecular formula is C32H40ClN3O4S. The quantitative estimate of drug-likeness (QED) is 0.271. The van der Waals surface area contributed by atoms with Crippen LogP contribution in [-0.4, -0.2) is 44.3 Å². The van der Waals surface area contributed by atoms with Gasteiger partial charge in [0.15, 0.2) is 0 Å². The number of anilines is 1. The molecule has 0 aromatic heterocycles. The van der Waals surface area contributed by atoms with Crippen molar-refractivity contribution in [2.45, 2.75) is 64.9 Å². The van der Waals surface area contributed by atoms with Crippen molar-refractivity contribution < 1.29 is 18.0 Å². The molecule has 0 saturated heterocycles. The van der Waals surface area contributed by atoms with Gasteiger partial charge in [-0.05, 0) is 67.1 Å². The Kier molecular flexibility index (Phi) is 11.0. The van der Waals surface area contributed by atoms with Gasteiger partial charge >= 0.3 is 0 Å². The fourth-order valence-corrected chi connectivity index (χ4v) is 5.85. The van der Waals surface area contributed by atoms with Crippen LogP contribution in [0.15, 0.2) is 77.7 Å². The first-order valence-corrected chi connectivity index (χ1v) is 15.6. The minimum absolute atomic E-state index is 0.0411. The molecule has 9 heteroatoms.